The van der Waals surface area contributed by atoms with Crippen molar-refractivity contribution in [2.24, 2.45) is 0 Å². The van der Waals surface area contributed by atoms with Crippen LogP contribution in [0.25, 0.3) is 0 Å². The van der Waals surface area contributed by atoms with Crippen LogP contribution in [0.1, 0.15) is 62.6 Å². The van der Waals surface area contributed by atoms with E-state index in [1.165, 1.54) is 12.8 Å². The predicted octanol–water partition coefficient (Wildman–Crippen LogP) is 3.12. The second-order valence-electron chi connectivity index (χ2n) is 8.00. The second kappa shape index (κ2) is 7.78. The number of nitrogens with zero attached hydrogens (tertiary/aromatic N) is 1. The lowest BCUT2D eigenvalue weighted by molar-refractivity contribution is -0.163. The van der Waals surface area contributed by atoms with E-state index in [1.54, 1.807) is 11.9 Å². The average molecular weight is 358 g/mol. The summed E-state index contributed by atoms with van der Waals surface area (Å²) < 4.78 is 5.76. The van der Waals surface area contributed by atoms with Gasteiger partial charge >= 0.3 is 0 Å². The van der Waals surface area contributed by atoms with E-state index in [-0.39, 0.29) is 24.0 Å². The number of carbonyl (C=O) groups excluding carboxylic acids is 2. The maximum Gasteiger partial charge on any atom is 0.252 e. The molecule has 0 bridgehead atoms. The third-order valence-corrected chi connectivity index (χ3v) is 5.88. The molecule has 1 aromatic rings. The van der Waals surface area contributed by atoms with Gasteiger partial charge in [-0.25, -0.2) is 0 Å². The van der Waals surface area contributed by atoms with Gasteiger partial charge in [-0.3, -0.25) is 9.59 Å². The highest BCUT2D eigenvalue weighted by atomic mass is 16.5. The van der Waals surface area contributed by atoms with Crippen LogP contribution in [-0.4, -0.2) is 42.0 Å². The molecule has 1 aromatic carbocycles. The lowest BCUT2D eigenvalue weighted by Crippen LogP contribution is -2.57. The Kier molecular flexibility index (Phi) is 5.66. The van der Waals surface area contributed by atoms with Crippen molar-refractivity contribution >= 4 is 11.8 Å². The van der Waals surface area contributed by atoms with Crippen molar-refractivity contribution in [1.82, 2.24) is 10.2 Å². The fraction of sp³-hybridized carbons (Fsp3) is 0.619. The van der Waals surface area contributed by atoms with E-state index in [0.29, 0.717) is 0 Å². The number of rotatable bonds is 3. The van der Waals surface area contributed by atoms with Gasteiger partial charge in [-0.1, -0.05) is 49.9 Å². The molecule has 2 amide bonds. The molecule has 3 rings (SSSR count). The second-order valence-corrected chi connectivity index (χ2v) is 8.00. The number of nitrogens with one attached hydrogen (secondary N) is 1. The first-order chi connectivity index (χ1) is 12.4. The molecule has 1 saturated heterocycles. The van der Waals surface area contributed by atoms with Crippen LogP contribution < -0.4 is 5.32 Å². The quantitative estimate of drug-likeness (QED) is 0.845. The lowest BCUT2D eigenvalue weighted by Gasteiger charge is -2.40. The van der Waals surface area contributed by atoms with Gasteiger partial charge in [-0.15, -0.1) is 0 Å². The first-order valence-corrected chi connectivity index (χ1v) is 9.66. The topological polar surface area (TPSA) is 58.6 Å². The third kappa shape index (κ3) is 3.93. The number of carbonyl (C=O) groups is 2. The van der Waals surface area contributed by atoms with Gasteiger partial charge in [0, 0.05) is 12.6 Å². The first kappa shape index (κ1) is 18.9. The molecule has 2 aliphatic rings. The zero-order chi connectivity index (χ0) is 18.7. The van der Waals surface area contributed by atoms with Gasteiger partial charge < -0.3 is 15.0 Å². The molecule has 2 atom stereocenters. The maximum absolute atomic E-state index is 13.2. The van der Waals surface area contributed by atoms with Crippen LogP contribution in [0.2, 0.25) is 0 Å². The summed E-state index contributed by atoms with van der Waals surface area (Å²) in [6, 6.07) is 7.49. The summed E-state index contributed by atoms with van der Waals surface area (Å²) >= 11 is 0. The molecule has 0 spiro atoms. The summed E-state index contributed by atoms with van der Waals surface area (Å²) in [7, 11) is 1.76. The van der Waals surface area contributed by atoms with Crippen LogP contribution in [0.4, 0.5) is 0 Å². The largest absolute Gasteiger partial charge is 0.356 e. The van der Waals surface area contributed by atoms with Crippen molar-refractivity contribution < 1.29 is 14.3 Å². The molecule has 0 unspecified atom stereocenters. The number of amides is 2. The van der Waals surface area contributed by atoms with Crippen LogP contribution in [0.5, 0.6) is 0 Å². The van der Waals surface area contributed by atoms with E-state index in [0.717, 1.165) is 36.8 Å². The third-order valence-electron chi connectivity index (χ3n) is 5.88. The van der Waals surface area contributed by atoms with Gasteiger partial charge in [0.15, 0.2) is 6.10 Å². The van der Waals surface area contributed by atoms with Gasteiger partial charge in [-0.2, -0.15) is 0 Å². The van der Waals surface area contributed by atoms with E-state index < -0.39 is 12.1 Å². The van der Waals surface area contributed by atoms with Crippen LogP contribution in [0.3, 0.4) is 0 Å². The molecule has 1 aliphatic heterocycles. The van der Waals surface area contributed by atoms with Crippen molar-refractivity contribution in [3.05, 3.63) is 35.4 Å². The van der Waals surface area contributed by atoms with Crippen LogP contribution in [-0.2, 0) is 14.3 Å². The number of aryl methyl sites for hydroxylation is 1. The molecule has 1 aliphatic carbocycles. The first-order valence-electron chi connectivity index (χ1n) is 9.66. The van der Waals surface area contributed by atoms with Crippen LogP contribution >= 0.6 is 0 Å². The van der Waals surface area contributed by atoms with E-state index >= 15 is 0 Å². The zero-order valence-corrected chi connectivity index (χ0v) is 16.1. The Morgan fingerprint density at radius 2 is 1.85 bits per heavy atom. The van der Waals surface area contributed by atoms with Gasteiger partial charge in [0.1, 0.15) is 6.61 Å². The highest BCUT2D eigenvalue weighted by Gasteiger charge is 2.42. The van der Waals surface area contributed by atoms with Crippen molar-refractivity contribution in [3.8, 4) is 0 Å². The molecule has 1 N–H and O–H groups in total. The fourth-order valence-corrected chi connectivity index (χ4v) is 4.22. The lowest BCUT2D eigenvalue weighted by atomic mass is 9.90. The SMILES string of the molecule is Cc1ccccc1[C@@H]1[C@@H](C(=O)NC2(C)CCCCCC2)OCC(=O)N1C. The van der Waals surface area contributed by atoms with E-state index in [9.17, 15) is 9.59 Å². The van der Waals surface area contributed by atoms with Crippen LogP contribution in [0, 0.1) is 6.92 Å². The highest BCUT2D eigenvalue weighted by molar-refractivity contribution is 5.86. The van der Waals surface area contributed by atoms with Gasteiger partial charge in [-0.05, 0) is 37.8 Å². The van der Waals surface area contributed by atoms with Crippen molar-refractivity contribution in [2.75, 3.05) is 13.7 Å². The average Bonchev–Trinajstić information content (AvgIpc) is 2.82. The fourth-order valence-electron chi connectivity index (χ4n) is 4.22. The van der Waals surface area contributed by atoms with Crippen LogP contribution in [0.15, 0.2) is 24.3 Å². The minimum Gasteiger partial charge on any atom is -0.356 e. The van der Waals surface area contributed by atoms with Gasteiger partial charge in [0.05, 0.1) is 6.04 Å². The number of hydrogen-bond donors (Lipinski definition) is 1. The Morgan fingerprint density at radius 1 is 1.19 bits per heavy atom. The molecule has 142 valence electrons. The van der Waals surface area contributed by atoms with Crippen molar-refractivity contribution in [3.63, 3.8) is 0 Å². The molecule has 2 fully saturated rings. The van der Waals surface area contributed by atoms with Crippen molar-refractivity contribution in [2.45, 2.75) is 70.1 Å². The summed E-state index contributed by atoms with van der Waals surface area (Å²) in [5, 5.41) is 3.26. The number of benzene rings is 1. The minimum absolute atomic E-state index is 0.0479. The Bertz CT molecular complexity index is 665. The van der Waals surface area contributed by atoms with E-state index in [1.807, 2.05) is 31.2 Å². The number of ether oxygens (including phenoxy) is 1. The molecular weight excluding hydrogens is 328 g/mol. The summed E-state index contributed by atoms with van der Waals surface area (Å²) in [6.07, 6.45) is 6.05. The monoisotopic (exact) mass is 358 g/mol. The zero-order valence-electron chi connectivity index (χ0n) is 16.1. The summed E-state index contributed by atoms with van der Waals surface area (Å²) in [5.74, 6) is -0.204. The van der Waals surface area contributed by atoms with E-state index in [2.05, 4.69) is 12.2 Å². The van der Waals surface area contributed by atoms with Crippen molar-refractivity contribution in [1.29, 1.82) is 0 Å². The maximum atomic E-state index is 13.2. The summed E-state index contributed by atoms with van der Waals surface area (Å²) in [6.45, 7) is 4.09. The normalized spacial score (nSPS) is 26.3. The Labute approximate surface area is 156 Å². The molecule has 1 heterocycles. The Hall–Kier alpha value is -1.88. The van der Waals surface area contributed by atoms with Gasteiger partial charge in [0.25, 0.3) is 5.91 Å². The van der Waals surface area contributed by atoms with E-state index in [4.69, 9.17) is 4.74 Å². The molecule has 5 heteroatoms. The highest BCUT2D eigenvalue weighted by Crippen LogP contribution is 2.33. The minimum atomic E-state index is -0.682. The Morgan fingerprint density at radius 3 is 2.50 bits per heavy atom. The smallest absolute Gasteiger partial charge is 0.252 e. The number of morpholine rings is 1. The molecule has 1 saturated carbocycles. The predicted molar refractivity (Wildman–Crippen MR) is 101 cm³/mol. The molecular formula is C21H30N2O3. The van der Waals surface area contributed by atoms with Gasteiger partial charge in [0.2, 0.25) is 5.91 Å². The summed E-state index contributed by atoms with van der Waals surface area (Å²) in [5.41, 5.74) is 1.84. The standard InChI is InChI=1S/C21H30N2O3/c1-15-10-6-7-11-16(15)18-19(26-14-17(24)23(18)3)20(25)22-21(2)12-8-4-5-9-13-21/h6-7,10-11,18-19H,4-5,8-9,12-14H2,1-3H3,(H,22,25)/t18-,19+/m1/s1. The molecule has 0 radical (unpaired) electrons. The molecule has 26 heavy (non-hydrogen) atoms. The molecule has 0 aromatic heterocycles. The number of hydrogen-bond acceptors (Lipinski definition) is 3. The Balaban J connectivity index is 1.84. The molecule has 5 nitrogen and oxygen atoms in total. The number of likely N-dealkylation sites (N-methyl/N-ethyl adjacent to an activating group) is 1. The summed E-state index contributed by atoms with van der Waals surface area (Å²) in [4.78, 5) is 27.0.